The third-order valence-electron chi connectivity index (χ3n) is 6.39. The highest BCUT2D eigenvalue weighted by Crippen LogP contribution is 2.41. The summed E-state index contributed by atoms with van der Waals surface area (Å²) < 4.78 is 0. The number of fused-ring (bicyclic) bond motifs is 3. The Bertz CT molecular complexity index is 1220. The van der Waals surface area contributed by atoms with Crippen LogP contribution in [0.25, 0.3) is 10.8 Å². The van der Waals surface area contributed by atoms with Crippen molar-refractivity contribution in [3.05, 3.63) is 83.4 Å². The zero-order valence-corrected chi connectivity index (χ0v) is 17.2. The summed E-state index contributed by atoms with van der Waals surface area (Å²) in [7, 11) is 0. The lowest BCUT2D eigenvalue weighted by Crippen LogP contribution is -2.44. The van der Waals surface area contributed by atoms with Crippen LogP contribution in [0.4, 0.5) is 4.79 Å². The van der Waals surface area contributed by atoms with E-state index < -0.39 is 11.6 Å². The number of carbonyl (C=O) groups excluding carboxylic acids is 3. The van der Waals surface area contributed by atoms with Gasteiger partial charge in [0.25, 0.3) is 5.91 Å². The van der Waals surface area contributed by atoms with E-state index in [1.54, 1.807) is 0 Å². The van der Waals surface area contributed by atoms with Crippen molar-refractivity contribution in [3.63, 3.8) is 0 Å². The van der Waals surface area contributed by atoms with E-state index in [1.807, 2.05) is 73.7 Å². The molecule has 2 atom stereocenters. The predicted molar refractivity (Wildman–Crippen MR) is 117 cm³/mol. The molecule has 0 radical (unpaired) electrons. The van der Waals surface area contributed by atoms with Gasteiger partial charge < -0.3 is 10.6 Å². The minimum Gasteiger partial charge on any atom is -0.348 e. The number of urea groups is 1. The molecule has 0 unspecified atom stereocenters. The first-order valence-corrected chi connectivity index (χ1v) is 10.5. The average Bonchev–Trinajstić information content (AvgIpc) is 3.26. The number of benzene rings is 3. The minimum absolute atomic E-state index is 0.263. The number of nitrogens with one attached hydrogen (secondary N) is 2. The van der Waals surface area contributed by atoms with Gasteiger partial charge in [-0.15, -0.1) is 0 Å². The molecule has 2 aliphatic rings. The lowest BCUT2D eigenvalue weighted by atomic mass is 9.92. The summed E-state index contributed by atoms with van der Waals surface area (Å²) in [5.41, 5.74) is 1.84. The maximum Gasteiger partial charge on any atom is 0.325 e. The molecule has 6 heteroatoms. The lowest BCUT2D eigenvalue weighted by molar-refractivity contribution is -0.135. The van der Waals surface area contributed by atoms with Crippen LogP contribution >= 0.6 is 0 Å². The van der Waals surface area contributed by atoms with Crippen molar-refractivity contribution in [1.29, 1.82) is 0 Å². The Labute approximate surface area is 180 Å². The molecule has 0 saturated carbocycles. The van der Waals surface area contributed by atoms with E-state index >= 15 is 0 Å². The summed E-state index contributed by atoms with van der Waals surface area (Å²) in [5, 5.41) is 7.96. The van der Waals surface area contributed by atoms with E-state index in [9.17, 15) is 14.4 Å². The summed E-state index contributed by atoms with van der Waals surface area (Å²) in [5.74, 6) is -0.720. The second kappa shape index (κ2) is 7.23. The van der Waals surface area contributed by atoms with Gasteiger partial charge >= 0.3 is 6.03 Å². The van der Waals surface area contributed by atoms with Gasteiger partial charge in [-0.2, -0.15) is 0 Å². The van der Waals surface area contributed by atoms with Crippen LogP contribution in [-0.2, 0) is 21.5 Å². The number of aryl methyl sites for hydroxylation is 1. The maximum absolute atomic E-state index is 13.2. The SMILES string of the molecule is C[C@H](NC(=O)CN1C(=O)N[C@]2(CCc3ccccc32)C1=O)c1cccc2ccccc12. The summed E-state index contributed by atoms with van der Waals surface area (Å²) in [6.07, 6.45) is 1.24. The van der Waals surface area contributed by atoms with E-state index in [0.717, 1.165) is 38.8 Å². The topological polar surface area (TPSA) is 78.5 Å². The maximum atomic E-state index is 13.2. The minimum atomic E-state index is -1.05. The quantitative estimate of drug-likeness (QED) is 0.644. The number of imide groups is 1. The molecule has 5 rings (SSSR count). The van der Waals surface area contributed by atoms with Crippen LogP contribution in [0, 0.1) is 0 Å². The zero-order valence-electron chi connectivity index (χ0n) is 17.2. The standard InChI is InChI=1S/C25H23N3O3/c1-16(19-11-6-9-17-7-2-4-10-20(17)19)26-22(29)15-28-23(30)25(27-24(28)31)14-13-18-8-3-5-12-21(18)25/h2-12,16H,13-15H2,1H3,(H,26,29)(H,27,31)/t16-,25-/m0/s1. The summed E-state index contributed by atoms with van der Waals surface area (Å²) in [4.78, 5) is 39.7. The van der Waals surface area contributed by atoms with Gasteiger partial charge in [-0.1, -0.05) is 66.7 Å². The fraction of sp³-hybridized carbons (Fsp3) is 0.240. The van der Waals surface area contributed by atoms with E-state index in [1.165, 1.54) is 0 Å². The van der Waals surface area contributed by atoms with Gasteiger partial charge in [-0.3, -0.25) is 14.5 Å². The molecule has 2 N–H and O–H groups in total. The molecule has 1 aliphatic heterocycles. The Morgan fingerprint density at radius 1 is 1.06 bits per heavy atom. The van der Waals surface area contributed by atoms with E-state index in [4.69, 9.17) is 0 Å². The Kier molecular flexibility index (Phi) is 4.50. The fourth-order valence-corrected chi connectivity index (χ4v) is 4.87. The Morgan fingerprint density at radius 2 is 1.81 bits per heavy atom. The first kappa shape index (κ1) is 19.3. The Balaban J connectivity index is 1.33. The largest absolute Gasteiger partial charge is 0.348 e. The predicted octanol–water partition coefficient (Wildman–Crippen LogP) is 3.41. The summed E-state index contributed by atoms with van der Waals surface area (Å²) in [6, 6.07) is 20.8. The molecule has 1 heterocycles. The van der Waals surface area contributed by atoms with Crippen LogP contribution in [0.5, 0.6) is 0 Å². The van der Waals surface area contributed by atoms with Gasteiger partial charge in [0.1, 0.15) is 12.1 Å². The molecular weight excluding hydrogens is 390 g/mol. The number of hydrogen-bond donors (Lipinski definition) is 2. The highest BCUT2D eigenvalue weighted by Gasteiger charge is 2.55. The van der Waals surface area contributed by atoms with Crippen molar-refractivity contribution in [2.24, 2.45) is 0 Å². The van der Waals surface area contributed by atoms with Crippen molar-refractivity contribution in [1.82, 2.24) is 15.5 Å². The van der Waals surface area contributed by atoms with Crippen molar-refractivity contribution < 1.29 is 14.4 Å². The number of amides is 4. The molecule has 0 aromatic heterocycles. The van der Waals surface area contributed by atoms with E-state index in [0.29, 0.717) is 6.42 Å². The van der Waals surface area contributed by atoms with Crippen molar-refractivity contribution in [3.8, 4) is 0 Å². The highest BCUT2D eigenvalue weighted by molar-refractivity contribution is 6.10. The molecule has 1 saturated heterocycles. The second-order valence-corrected chi connectivity index (χ2v) is 8.24. The van der Waals surface area contributed by atoms with Crippen LogP contribution in [0.1, 0.15) is 36.1 Å². The smallest absolute Gasteiger partial charge is 0.325 e. The number of rotatable bonds is 4. The summed E-state index contributed by atoms with van der Waals surface area (Å²) >= 11 is 0. The van der Waals surface area contributed by atoms with Crippen molar-refractivity contribution in [2.75, 3.05) is 6.54 Å². The van der Waals surface area contributed by atoms with Gasteiger partial charge in [-0.25, -0.2) is 4.79 Å². The second-order valence-electron chi connectivity index (χ2n) is 8.24. The molecule has 3 aromatic rings. The Hall–Kier alpha value is -3.67. The average molecular weight is 413 g/mol. The van der Waals surface area contributed by atoms with Crippen LogP contribution in [0.15, 0.2) is 66.7 Å². The summed E-state index contributed by atoms with van der Waals surface area (Å²) in [6.45, 7) is 1.60. The van der Waals surface area contributed by atoms with Crippen molar-refractivity contribution >= 4 is 28.6 Å². The normalized spacial score (nSPS) is 20.7. The monoisotopic (exact) mass is 413 g/mol. The van der Waals surface area contributed by atoms with Gasteiger partial charge in [0.2, 0.25) is 5.91 Å². The van der Waals surface area contributed by atoms with E-state index in [2.05, 4.69) is 10.6 Å². The third kappa shape index (κ3) is 3.06. The fourth-order valence-electron chi connectivity index (χ4n) is 4.87. The van der Waals surface area contributed by atoms with Gasteiger partial charge in [0.05, 0.1) is 6.04 Å². The molecular formula is C25H23N3O3. The molecule has 6 nitrogen and oxygen atoms in total. The lowest BCUT2D eigenvalue weighted by Gasteiger charge is -2.22. The molecule has 1 fully saturated rings. The first-order chi connectivity index (χ1) is 15.0. The van der Waals surface area contributed by atoms with Crippen LogP contribution in [0.2, 0.25) is 0 Å². The molecule has 1 spiro atoms. The number of nitrogens with zero attached hydrogens (tertiary/aromatic N) is 1. The first-order valence-electron chi connectivity index (χ1n) is 10.5. The van der Waals surface area contributed by atoms with E-state index in [-0.39, 0.29) is 24.4 Å². The molecule has 31 heavy (non-hydrogen) atoms. The molecule has 0 bridgehead atoms. The zero-order chi connectivity index (χ0) is 21.6. The van der Waals surface area contributed by atoms with Crippen LogP contribution in [-0.4, -0.2) is 29.3 Å². The number of hydrogen-bond acceptors (Lipinski definition) is 3. The molecule has 3 aromatic carbocycles. The molecule has 4 amide bonds. The van der Waals surface area contributed by atoms with Crippen LogP contribution < -0.4 is 10.6 Å². The third-order valence-corrected chi connectivity index (χ3v) is 6.39. The Morgan fingerprint density at radius 3 is 2.68 bits per heavy atom. The number of carbonyl (C=O) groups is 3. The van der Waals surface area contributed by atoms with Gasteiger partial charge in [0, 0.05) is 0 Å². The van der Waals surface area contributed by atoms with Crippen LogP contribution in [0.3, 0.4) is 0 Å². The molecule has 156 valence electrons. The molecule has 1 aliphatic carbocycles. The van der Waals surface area contributed by atoms with Gasteiger partial charge in [0.15, 0.2) is 0 Å². The van der Waals surface area contributed by atoms with Crippen molar-refractivity contribution in [2.45, 2.75) is 31.3 Å². The highest BCUT2D eigenvalue weighted by atomic mass is 16.2. The van der Waals surface area contributed by atoms with Gasteiger partial charge in [-0.05, 0) is 47.2 Å².